The number of nitrogens with one attached hydrogen (secondary N) is 1. The maximum Gasteiger partial charge on any atom is 0.124 e. The first-order valence-electron chi connectivity index (χ1n) is 4.18. The van der Waals surface area contributed by atoms with Gasteiger partial charge in [0.25, 0.3) is 0 Å². The van der Waals surface area contributed by atoms with Crippen molar-refractivity contribution in [1.29, 1.82) is 0 Å². The molecule has 1 aromatic heterocycles. The fraction of sp³-hybridized carbons (Fsp3) is 0.300. The number of nitrogens with two attached hydrogens (primary N) is 1. The third-order valence-electron chi connectivity index (χ3n) is 1.51. The standard InChI is InChI=1S/C10H13N3/c1-12-6-3-2-4-9-5-7-13-10(11)8-9/h5,7-8,12H,3,6H2,1H3,(H2,11,13). The van der Waals surface area contributed by atoms with E-state index < -0.39 is 0 Å². The van der Waals surface area contributed by atoms with Crippen LogP contribution in [0.5, 0.6) is 0 Å². The number of nitrogen functional groups attached to an aromatic ring is 1. The second-order valence-corrected chi connectivity index (χ2v) is 2.62. The van der Waals surface area contributed by atoms with Gasteiger partial charge in [-0.05, 0) is 19.2 Å². The summed E-state index contributed by atoms with van der Waals surface area (Å²) in [6.07, 6.45) is 2.51. The topological polar surface area (TPSA) is 50.9 Å². The lowest BCUT2D eigenvalue weighted by molar-refractivity contribution is 0.818. The molecule has 1 heterocycles. The van der Waals surface area contributed by atoms with Crippen molar-refractivity contribution in [3.8, 4) is 11.8 Å². The minimum Gasteiger partial charge on any atom is -0.384 e. The third-order valence-corrected chi connectivity index (χ3v) is 1.51. The van der Waals surface area contributed by atoms with Crippen molar-refractivity contribution in [1.82, 2.24) is 10.3 Å². The Balaban J connectivity index is 2.56. The average molecular weight is 175 g/mol. The van der Waals surface area contributed by atoms with Crippen LogP contribution in [0.3, 0.4) is 0 Å². The fourth-order valence-electron chi connectivity index (χ4n) is 0.878. The molecule has 1 aromatic rings. The van der Waals surface area contributed by atoms with Crippen LogP contribution in [0.4, 0.5) is 5.82 Å². The molecule has 0 atom stereocenters. The summed E-state index contributed by atoms with van der Waals surface area (Å²) in [6.45, 7) is 0.910. The van der Waals surface area contributed by atoms with Crippen molar-refractivity contribution in [3.05, 3.63) is 23.9 Å². The van der Waals surface area contributed by atoms with E-state index in [-0.39, 0.29) is 0 Å². The second-order valence-electron chi connectivity index (χ2n) is 2.62. The number of nitrogens with zero attached hydrogens (tertiary/aromatic N) is 1. The zero-order chi connectivity index (χ0) is 9.52. The molecule has 0 aliphatic carbocycles. The van der Waals surface area contributed by atoms with Crippen molar-refractivity contribution in [2.24, 2.45) is 0 Å². The van der Waals surface area contributed by atoms with Crippen LogP contribution in [-0.4, -0.2) is 18.6 Å². The second kappa shape index (κ2) is 5.18. The lowest BCUT2D eigenvalue weighted by atomic mass is 10.2. The summed E-state index contributed by atoms with van der Waals surface area (Å²) in [7, 11) is 1.91. The van der Waals surface area contributed by atoms with Crippen molar-refractivity contribution in [3.63, 3.8) is 0 Å². The van der Waals surface area contributed by atoms with Gasteiger partial charge >= 0.3 is 0 Å². The minimum absolute atomic E-state index is 0.514. The zero-order valence-corrected chi connectivity index (χ0v) is 7.67. The molecule has 0 bridgehead atoms. The largest absolute Gasteiger partial charge is 0.384 e. The van der Waals surface area contributed by atoms with Crippen LogP contribution in [-0.2, 0) is 0 Å². The molecular formula is C10H13N3. The summed E-state index contributed by atoms with van der Waals surface area (Å²) in [4.78, 5) is 3.88. The van der Waals surface area contributed by atoms with Gasteiger partial charge in [0.2, 0.25) is 0 Å². The van der Waals surface area contributed by atoms with E-state index in [4.69, 9.17) is 5.73 Å². The molecule has 0 saturated carbocycles. The SMILES string of the molecule is CNCCC#Cc1ccnc(N)c1. The van der Waals surface area contributed by atoms with Gasteiger partial charge in [0.05, 0.1) is 0 Å². The molecule has 0 aliphatic rings. The highest BCUT2D eigenvalue weighted by Gasteiger charge is 1.87. The van der Waals surface area contributed by atoms with E-state index >= 15 is 0 Å². The Morgan fingerprint density at radius 2 is 2.46 bits per heavy atom. The molecule has 68 valence electrons. The quantitative estimate of drug-likeness (QED) is 0.512. The molecule has 0 amide bonds. The van der Waals surface area contributed by atoms with E-state index in [1.807, 2.05) is 13.1 Å². The van der Waals surface area contributed by atoms with E-state index in [1.165, 1.54) is 0 Å². The minimum atomic E-state index is 0.514. The lowest BCUT2D eigenvalue weighted by Crippen LogP contribution is -2.05. The summed E-state index contributed by atoms with van der Waals surface area (Å²) in [6, 6.07) is 3.62. The number of hydrogen-bond acceptors (Lipinski definition) is 3. The molecule has 3 N–H and O–H groups in total. The van der Waals surface area contributed by atoms with Gasteiger partial charge in [0.1, 0.15) is 5.82 Å². The molecule has 0 unspecified atom stereocenters. The Kier molecular flexibility index (Phi) is 3.80. The molecule has 0 spiro atoms. The van der Waals surface area contributed by atoms with E-state index in [0.29, 0.717) is 5.82 Å². The molecular weight excluding hydrogens is 162 g/mol. The number of rotatable bonds is 2. The van der Waals surface area contributed by atoms with Gasteiger partial charge in [-0.1, -0.05) is 11.8 Å². The van der Waals surface area contributed by atoms with Gasteiger partial charge in [-0.25, -0.2) is 4.98 Å². The molecule has 0 fully saturated rings. The van der Waals surface area contributed by atoms with Gasteiger partial charge < -0.3 is 11.1 Å². The van der Waals surface area contributed by atoms with Crippen LogP contribution < -0.4 is 11.1 Å². The summed E-state index contributed by atoms with van der Waals surface area (Å²) in [5, 5.41) is 3.03. The van der Waals surface area contributed by atoms with Gasteiger partial charge in [0.15, 0.2) is 0 Å². The van der Waals surface area contributed by atoms with Crippen molar-refractivity contribution in [2.45, 2.75) is 6.42 Å². The molecule has 1 rings (SSSR count). The number of hydrogen-bond donors (Lipinski definition) is 2. The predicted octanol–water partition coefficient (Wildman–Crippen LogP) is 0.625. The summed E-state index contributed by atoms with van der Waals surface area (Å²) < 4.78 is 0. The highest BCUT2D eigenvalue weighted by Crippen LogP contribution is 2.00. The van der Waals surface area contributed by atoms with Gasteiger partial charge in [-0.3, -0.25) is 0 Å². The first-order chi connectivity index (χ1) is 6.33. The Bertz CT molecular complexity index is 322. The van der Waals surface area contributed by atoms with E-state index in [2.05, 4.69) is 22.1 Å². The van der Waals surface area contributed by atoms with Gasteiger partial charge in [0, 0.05) is 24.7 Å². The lowest BCUT2D eigenvalue weighted by Gasteiger charge is -1.92. The number of aromatic nitrogens is 1. The first kappa shape index (κ1) is 9.56. The molecule has 0 aromatic carbocycles. The Hall–Kier alpha value is -1.53. The molecule has 3 nitrogen and oxygen atoms in total. The summed E-state index contributed by atoms with van der Waals surface area (Å²) >= 11 is 0. The van der Waals surface area contributed by atoms with Crippen LogP contribution >= 0.6 is 0 Å². The van der Waals surface area contributed by atoms with Crippen LogP contribution in [0.2, 0.25) is 0 Å². The number of anilines is 1. The van der Waals surface area contributed by atoms with Crippen LogP contribution in [0.1, 0.15) is 12.0 Å². The maximum atomic E-state index is 5.50. The van der Waals surface area contributed by atoms with Crippen molar-refractivity contribution < 1.29 is 0 Å². The fourth-order valence-corrected chi connectivity index (χ4v) is 0.878. The zero-order valence-electron chi connectivity index (χ0n) is 7.67. The van der Waals surface area contributed by atoms with Crippen molar-refractivity contribution >= 4 is 5.82 Å². The molecule has 0 saturated heterocycles. The van der Waals surface area contributed by atoms with Crippen LogP contribution in [0.25, 0.3) is 0 Å². The molecule has 3 heteroatoms. The van der Waals surface area contributed by atoms with Gasteiger partial charge in [-0.2, -0.15) is 0 Å². The first-order valence-corrected chi connectivity index (χ1v) is 4.18. The van der Waals surface area contributed by atoms with Crippen molar-refractivity contribution in [2.75, 3.05) is 19.3 Å². The molecule has 0 aliphatic heterocycles. The van der Waals surface area contributed by atoms with Crippen LogP contribution in [0, 0.1) is 11.8 Å². The Labute approximate surface area is 78.4 Å². The highest BCUT2D eigenvalue weighted by atomic mass is 14.8. The smallest absolute Gasteiger partial charge is 0.124 e. The van der Waals surface area contributed by atoms with Crippen LogP contribution in [0.15, 0.2) is 18.3 Å². The van der Waals surface area contributed by atoms with Gasteiger partial charge in [-0.15, -0.1) is 0 Å². The average Bonchev–Trinajstić information content (AvgIpc) is 2.13. The maximum absolute atomic E-state index is 5.50. The predicted molar refractivity (Wildman–Crippen MR) is 54.1 cm³/mol. The summed E-state index contributed by atoms with van der Waals surface area (Å²) in [5.74, 6) is 6.56. The summed E-state index contributed by atoms with van der Waals surface area (Å²) in [5.41, 5.74) is 6.42. The number of pyridine rings is 1. The normalized spacial score (nSPS) is 9.00. The molecule has 0 radical (unpaired) electrons. The Morgan fingerprint density at radius 3 is 3.15 bits per heavy atom. The van der Waals surface area contributed by atoms with E-state index in [1.54, 1.807) is 12.3 Å². The molecule has 13 heavy (non-hydrogen) atoms. The highest BCUT2D eigenvalue weighted by molar-refractivity contribution is 5.41. The third kappa shape index (κ3) is 3.59. The monoisotopic (exact) mass is 175 g/mol. The Morgan fingerprint density at radius 1 is 1.62 bits per heavy atom. The van der Waals surface area contributed by atoms with E-state index in [0.717, 1.165) is 18.5 Å². The van der Waals surface area contributed by atoms with E-state index in [9.17, 15) is 0 Å².